The Morgan fingerprint density at radius 1 is 0.955 bits per heavy atom. The molecule has 1 rings (SSSR count). The summed E-state index contributed by atoms with van der Waals surface area (Å²) >= 11 is 0. The molecule has 0 aliphatic carbocycles. The van der Waals surface area contributed by atoms with Crippen LogP contribution in [0.5, 0.6) is 0 Å². The van der Waals surface area contributed by atoms with Gasteiger partial charge in [-0.05, 0) is 38.0 Å². The largest absolute Gasteiger partial charge is 0.468 e. The lowest BCUT2D eigenvalue weighted by molar-refractivity contribution is -0.158. The number of rotatable bonds is 6. The maximum Gasteiger partial charge on any atom is 0.338 e. The first-order valence-electron chi connectivity index (χ1n) is 6.84. The number of carbonyl (C=O) groups excluding carboxylic acids is 3. The van der Waals surface area contributed by atoms with E-state index in [4.69, 9.17) is 4.74 Å². The van der Waals surface area contributed by atoms with Crippen molar-refractivity contribution in [2.45, 2.75) is 26.4 Å². The van der Waals surface area contributed by atoms with E-state index in [2.05, 4.69) is 9.47 Å². The van der Waals surface area contributed by atoms with Crippen molar-refractivity contribution in [1.82, 2.24) is 0 Å². The fourth-order valence-corrected chi connectivity index (χ4v) is 1.84. The van der Waals surface area contributed by atoms with E-state index < -0.39 is 23.8 Å². The van der Waals surface area contributed by atoms with Crippen LogP contribution in [-0.4, -0.2) is 38.2 Å². The van der Waals surface area contributed by atoms with Gasteiger partial charge < -0.3 is 14.2 Å². The molecule has 0 aliphatic heterocycles. The molecule has 0 heterocycles. The molecule has 120 valence electrons. The highest BCUT2D eigenvalue weighted by atomic mass is 16.5. The lowest BCUT2D eigenvalue weighted by Crippen LogP contribution is -2.28. The highest BCUT2D eigenvalue weighted by molar-refractivity contribution is 5.95. The van der Waals surface area contributed by atoms with E-state index in [-0.39, 0.29) is 12.5 Å². The second kappa shape index (κ2) is 8.17. The third-order valence-corrected chi connectivity index (χ3v) is 2.94. The summed E-state index contributed by atoms with van der Waals surface area (Å²) in [5, 5.41) is 0. The molecule has 0 unspecified atom stereocenters. The van der Waals surface area contributed by atoms with Crippen LogP contribution in [0.4, 0.5) is 0 Å². The number of benzene rings is 1. The number of hydrogen-bond acceptors (Lipinski definition) is 6. The van der Waals surface area contributed by atoms with E-state index in [0.29, 0.717) is 11.1 Å². The number of esters is 3. The minimum Gasteiger partial charge on any atom is -0.468 e. The summed E-state index contributed by atoms with van der Waals surface area (Å²) in [5.41, 5.74) is 1.12. The quantitative estimate of drug-likeness (QED) is 0.452. The van der Waals surface area contributed by atoms with Crippen LogP contribution in [0.3, 0.4) is 0 Å². The molecule has 0 atom stereocenters. The van der Waals surface area contributed by atoms with E-state index in [1.807, 2.05) is 0 Å². The monoisotopic (exact) mass is 308 g/mol. The van der Waals surface area contributed by atoms with Gasteiger partial charge in [0.05, 0.1) is 25.9 Å². The van der Waals surface area contributed by atoms with Crippen LogP contribution in [0.1, 0.15) is 29.8 Å². The lowest BCUT2D eigenvalue weighted by Gasteiger charge is -2.13. The summed E-state index contributed by atoms with van der Waals surface area (Å²) in [5.74, 6) is -2.76. The maximum absolute atomic E-state index is 11.7. The van der Waals surface area contributed by atoms with E-state index >= 15 is 0 Å². The van der Waals surface area contributed by atoms with Crippen molar-refractivity contribution in [3.63, 3.8) is 0 Å². The Kier molecular flexibility index (Phi) is 6.56. The molecule has 0 saturated heterocycles. The van der Waals surface area contributed by atoms with Crippen molar-refractivity contribution in [3.8, 4) is 0 Å². The first-order chi connectivity index (χ1) is 10.4. The molecule has 0 saturated carbocycles. The first-order valence-corrected chi connectivity index (χ1v) is 6.84. The van der Waals surface area contributed by atoms with Gasteiger partial charge in [0, 0.05) is 0 Å². The Morgan fingerprint density at radius 2 is 1.45 bits per heavy atom. The van der Waals surface area contributed by atoms with Crippen LogP contribution in [0.2, 0.25) is 0 Å². The number of carbonyl (C=O) groups is 3. The molecule has 0 radical (unpaired) electrons. The predicted molar refractivity (Wildman–Crippen MR) is 78.2 cm³/mol. The molecule has 1 aromatic rings. The Labute approximate surface area is 129 Å². The molecule has 0 spiro atoms. The average Bonchev–Trinajstić information content (AvgIpc) is 2.51. The van der Waals surface area contributed by atoms with E-state index in [1.54, 1.807) is 38.1 Å². The smallest absolute Gasteiger partial charge is 0.338 e. The molecule has 22 heavy (non-hydrogen) atoms. The van der Waals surface area contributed by atoms with Crippen LogP contribution >= 0.6 is 0 Å². The van der Waals surface area contributed by atoms with Crippen molar-refractivity contribution in [1.29, 1.82) is 0 Å². The molecule has 0 aliphatic rings. The first kappa shape index (κ1) is 17.7. The molecule has 0 fully saturated rings. The number of methoxy groups -OCH3 is 2. The minimum absolute atomic E-state index is 0.138. The van der Waals surface area contributed by atoms with Gasteiger partial charge in [-0.2, -0.15) is 0 Å². The Bertz CT molecular complexity index is 516. The summed E-state index contributed by atoms with van der Waals surface area (Å²) in [6.45, 7) is 3.53. The molecular weight excluding hydrogens is 288 g/mol. The van der Waals surface area contributed by atoms with Gasteiger partial charge in [-0.1, -0.05) is 12.1 Å². The van der Waals surface area contributed by atoms with Gasteiger partial charge in [-0.15, -0.1) is 0 Å². The fourth-order valence-electron chi connectivity index (χ4n) is 1.84. The zero-order valence-electron chi connectivity index (χ0n) is 13.1. The van der Waals surface area contributed by atoms with Gasteiger partial charge in [-0.25, -0.2) is 4.79 Å². The van der Waals surface area contributed by atoms with E-state index in [9.17, 15) is 14.4 Å². The lowest BCUT2D eigenvalue weighted by atomic mass is 9.98. The van der Waals surface area contributed by atoms with Gasteiger partial charge >= 0.3 is 17.9 Å². The van der Waals surface area contributed by atoms with Crippen molar-refractivity contribution in [2.24, 2.45) is 5.92 Å². The number of ether oxygens (including phenoxy) is 3. The molecule has 0 amide bonds. The minimum atomic E-state index is -1.02. The molecule has 0 N–H and O–H groups in total. The second-order valence-electron chi connectivity index (χ2n) is 4.95. The topological polar surface area (TPSA) is 78.9 Å². The van der Waals surface area contributed by atoms with Crippen molar-refractivity contribution >= 4 is 17.9 Å². The van der Waals surface area contributed by atoms with Crippen molar-refractivity contribution < 1.29 is 28.6 Å². The molecule has 6 nitrogen and oxygen atoms in total. The van der Waals surface area contributed by atoms with E-state index in [0.717, 1.165) is 0 Å². The van der Waals surface area contributed by atoms with Gasteiger partial charge in [0.1, 0.15) is 0 Å². The average molecular weight is 308 g/mol. The fraction of sp³-hybridized carbons (Fsp3) is 0.438. The standard InChI is InChI=1S/C16H20O6/c1-10(2)22-14(17)12-7-5-11(6-8-12)9-13(15(18)20-3)16(19)21-4/h5-8,10,13H,9H2,1-4H3. The van der Waals surface area contributed by atoms with Gasteiger partial charge in [0.15, 0.2) is 5.92 Å². The molecular formula is C16H20O6. The van der Waals surface area contributed by atoms with Crippen LogP contribution < -0.4 is 0 Å². The molecule has 6 heteroatoms. The summed E-state index contributed by atoms with van der Waals surface area (Å²) in [6, 6.07) is 6.50. The summed E-state index contributed by atoms with van der Waals surface area (Å²) < 4.78 is 14.3. The molecule has 1 aromatic carbocycles. The maximum atomic E-state index is 11.7. The van der Waals surface area contributed by atoms with Gasteiger partial charge in [-0.3, -0.25) is 9.59 Å². The zero-order valence-corrected chi connectivity index (χ0v) is 13.1. The predicted octanol–water partition coefficient (Wildman–Crippen LogP) is 1.76. The second-order valence-corrected chi connectivity index (χ2v) is 4.95. The highest BCUT2D eigenvalue weighted by Gasteiger charge is 2.28. The van der Waals surface area contributed by atoms with Crippen LogP contribution in [0.25, 0.3) is 0 Å². The third-order valence-electron chi connectivity index (χ3n) is 2.94. The third kappa shape index (κ3) is 4.87. The highest BCUT2D eigenvalue weighted by Crippen LogP contribution is 2.14. The van der Waals surface area contributed by atoms with Gasteiger partial charge in [0.25, 0.3) is 0 Å². The summed E-state index contributed by atoms with van der Waals surface area (Å²) in [6.07, 6.45) is -0.0611. The van der Waals surface area contributed by atoms with Crippen molar-refractivity contribution in [3.05, 3.63) is 35.4 Å². The van der Waals surface area contributed by atoms with E-state index in [1.165, 1.54) is 14.2 Å². The van der Waals surface area contributed by atoms with Crippen LogP contribution in [0, 0.1) is 5.92 Å². The normalized spacial score (nSPS) is 10.5. The van der Waals surface area contributed by atoms with Crippen molar-refractivity contribution in [2.75, 3.05) is 14.2 Å². The van der Waals surface area contributed by atoms with Crippen LogP contribution in [-0.2, 0) is 30.2 Å². The Balaban J connectivity index is 2.83. The summed E-state index contributed by atoms with van der Waals surface area (Å²) in [7, 11) is 2.42. The summed E-state index contributed by atoms with van der Waals surface area (Å²) in [4.78, 5) is 35.0. The SMILES string of the molecule is COC(=O)C(Cc1ccc(C(=O)OC(C)C)cc1)C(=O)OC. The molecule has 0 aromatic heterocycles. The zero-order chi connectivity index (χ0) is 16.7. The van der Waals surface area contributed by atoms with Gasteiger partial charge in [0.2, 0.25) is 0 Å². The van der Waals surface area contributed by atoms with Crippen LogP contribution in [0.15, 0.2) is 24.3 Å². The Hall–Kier alpha value is -2.37. The Morgan fingerprint density at radius 3 is 1.86 bits per heavy atom. The number of hydrogen-bond donors (Lipinski definition) is 0. The molecule has 0 bridgehead atoms.